The first-order valence-corrected chi connectivity index (χ1v) is 6.41. The van der Waals surface area contributed by atoms with Crippen LogP contribution >= 0.6 is 11.3 Å². The zero-order valence-corrected chi connectivity index (χ0v) is 11.4. The maximum Gasteiger partial charge on any atom is 0.259 e. The van der Waals surface area contributed by atoms with E-state index in [0.717, 1.165) is 16.1 Å². The first-order chi connectivity index (χ1) is 8.49. The molecular weight excluding hydrogens is 246 g/mol. The van der Waals surface area contributed by atoms with Crippen LogP contribution in [0.25, 0.3) is 0 Å². The summed E-state index contributed by atoms with van der Waals surface area (Å²) in [6.07, 6.45) is 0. The lowest BCUT2D eigenvalue weighted by Crippen LogP contribution is -2.15. The van der Waals surface area contributed by atoms with E-state index in [0.29, 0.717) is 16.4 Å². The Balaban J connectivity index is 2.27. The number of benzene rings is 1. The number of thiazole rings is 1. The number of carbonyl (C=O) groups excluding carboxylic acids is 1. The van der Waals surface area contributed by atoms with Gasteiger partial charge < -0.3 is 5.73 Å². The van der Waals surface area contributed by atoms with E-state index < -0.39 is 0 Å². The van der Waals surface area contributed by atoms with E-state index in [1.165, 1.54) is 11.3 Å². The van der Waals surface area contributed by atoms with E-state index in [1.807, 2.05) is 32.9 Å². The highest BCUT2D eigenvalue weighted by Gasteiger charge is 2.14. The fraction of sp³-hybridized carbons (Fsp3) is 0.231. The molecule has 0 aliphatic carbocycles. The third-order valence-electron chi connectivity index (χ3n) is 2.78. The maximum atomic E-state index is 12.2. The molecule has 2 rings (SSSR count). The molecule has 0 aliphatic rings. The van der Waals surface area contributed by atoms with Crippen LogP contribution in [0.5, 0.6) is 0 Å². The van der Waals surface area contributed by atoms with Gasteiger partial charge in [-0.05, 0) is 32.4 Å². The summed E-state index contributed by atoms with van der Waals surface area (Å²) in [6, 6.07) is 5.42. The number of aryl methyl sites for hydroxylation is 3. The van der Waals surface area contributed by atoms with E-state index in [2.05, 4.69) is 10.3 Å². The number of anilines is 2. The number of amides is 1. The fourth-order valence-corrected chi connectivity index (χ4v) is 2.50. The topological polar surface area (TPSA) is 68.0 Å². The Morgan fingerprint density at radius 3 is 2.61 bits per heavy atom. The van der Waals surface area contributed by atoms with Crippen LogP contribution in [-0.2, 0) is 0 Å². The molecule has 0 bridgehead atoms. The van der Waals surface area contributed by atoms with Crippen LogP contribution in [0.3, 0.4) is 0 Å². The zero-order chi connectivity index (χ0) is 13.3. The van der Waals surface area contributed by atoms with Crippen molar-refractivity contribution in [3.05, 3.63) is 39.9 Å². The number of aromatic nitrogens is 1. The van der Waals surface area contributed by atoms with Crippen molar-refractivity contribution >= 4 is 28.1 Å². The number of nitrogens with zero attached hydrogens (tertiary/aromatic N) is 1. The molecule has 0 atom stereocenters. The molecule has 0 radical (unpaired) electrons. The third kappa shape index (κ3) is 2.36. The second-order valence-corrected chi connectivity index (χ2v) is 5.36. The molecule has 3 N–H and O–H groups in total. The third-order valence-corrected chi connectivity index (χ3v) is 3.77. The summed E-state index contributed by atoms with van der Waals surface area (Å²) in [5.74, 6) is -0.209. The number of nitrogens with two attached hydrogens (primary N) is 1. The smallest absolute Gasteiger partial charge is 0.259 e. The minimum atomic E-state index is -0.209. The lowest BCUT2D eigenvalue weighted by atomic mass is 10.1. The number of hydrogen-bond donors (Lipinski definition) is 2. The number of nitrogen functional groups attached to an aromatic ring is 1. The second-order valence-electron chi connectivity index (χ2n) is 4.15. The van der Waals surface area contributed by atoms with Crippen molar-refractivity contribution < 1.29 is 4.79 Å². The summed E-state index contributed by atoms with van der Waals surface area (Å²) < 4.78 is 0. The Kier molecular flexibility index (Phi) is 3.34. The van der Waals surface area contributed by atoms with Crippen LogP contribution < -0.4 is 11.1 Å². The van der Waals surface area contributed by atoms with E-state index in [-0.39, 0.29) is 5.91 Å². The number of hydrogen-bond acceptors (Lipinski definition) is 4. The van der Waals surface area contributed by atoms with Crippen LogP contribution in [-0.4, -0.2) is 10.9 Å². The van der Waals surface area contributed by atoms with Gasteiger partial charge in [-0.3, -0.25) is 10.1 Å². The van der Waals surface area contributed by atoms with Crippen molar-refractivity contribution in [2.24, 2.45) is 0 Å². The van der Waals surface area contributed by atoms with Crippen molar-refractivity contribution in [3.8, 4) is 0 Å². The van der Waals surface area contributed by atoms with Crippen LogP contribution in [0.15, 0.2) is 18.2 Å². The minimum Gasteiger partial charge on any atom is -0.398 e. The quantitative estimate of drug-likeness (QED) is 0.817. The van der Waals surface area contributed by atoms with Gasteiger partial charge in [-0.1, -0.05) is 12.1 Å². The van der Waals surface area contributed by atoms with Gasteiger partial charge in [0, 0.05) is 10.6 Å². The Bertz CT molecular complexity index is 565. The highest BCUT2D eigenvalue weighted by atomic mass is 32.1. The SMILES string of the molecule is Cc1cccc(N)c1C(=O)Nc1nc(C)c(C)s1. The molecule has 18 heavy (non-hydrogen) atoms. The Morgan fingerprint density at radius 1 is 1.33 bits per heavy atom. The van der Waals surface area contributed by atoms with Gasteiger partial charge in [0.05, 0.1) is 11.3 Å². The number of rotatable bonds is 2. The number of carbonyl (C=O) groups is 1. The predicted molar refractivity (Wildman–Crippen MR) is 75.1 cm³/mol. The lowest BCUT2D eigenvalue weighted by molar-refractivity contribution is 0.102. The molecule has 1 aromatic heterocycles. The molecular formula is C13H15N3OS. The molecule has 1 amide bonds. The number of nitrogens with one attached hydrogen (secondary N) is 1. The predicted octanol–water partition coefficient (Wildman–Crippen LogP) is 2.90. The van der Waals surface area contributed by atoms with Crippen molar-refractivity contribution in [2.75, 3.05) is 11.1 Å². The van der Waals surface area contributed by atoms with Gasteiger partial charge in [-0.15, -0.1) is 11.3 Å². The molecule has 0 aliphatic heterocycles. The standard InChI is InChI=1S/C13H15N3OS/c1-7-5-4-6-10(14)11(7)12(17)16-13-15-8(2)9(3)18-13/h4-6H,14H2,1-3H3,(H,15,16,17). The minimum absolute atomic E-state index is 0.209. The van der Waals surface area contributed by atoms with Crippen LogP contribution in [0.2, 0.25) is 0 Å². The largest absolute Gasteiger partial charge is 0.398 e. The van der Waals surface area contributed by atoms with E-state index >= 15 is 0 Å². The molecule has 0 saturated carbocycles. The molecule has 1 aromatic carbocycles. The highest BCUT2D eigenvalue weighted by Crippen LogP contribution is 2.23. The van der Waals surface area contributed by atoms with Crippen molar-refractivity contribution in [2.45, 2.75) is 20.8 Å². The average molecular weight is 261 g/mol. The van der Waals surface area contributed by atoms with Crippen LogP contribution in [0.4, 0.5) is 10.8 Å². The first kappa shape index (κ1) is 12.6. The molecule has 5 heteroatoms. The van der Waals surface area contributed by atoms with Crippen molar-refractivity contribution in [3.63, 3.8) is 0 Å². The monoisotopic (exact) mass is 261 g/mol. The zero-order valence-electron chi connectivity index (χ0n) is 10.6. The molecule has 0 unspecified atom stereocenters. The Morgan fingerprint density at radius 2 is 2.06 bits per heavy atom. The average Bonchev–Trinajstić information content (AvgIpc) is 2.57. The second kappa shape index (κ2) is 4.78. The van der Waals surface area contributed by atoms with E-state index in [4.69, 9.17) is 5.73 Å². The molecule has 0 saturated heterocycles. The first-order valence-electron chi connectivity index (χ1n) is 5.59. The highest BCUT2D eigenvalue weighted by molar-refractivity contribution is 7.15. The molecule has 4 nitrogen and oxygen atoms in total. The van der Waals surface area contributed by atoms with Crippen LogP contribution in [0.1, 0.15) is 26.5 Å². The lowest BCUT2D eigenvalue weighted by Gasteiger charge is -2.08. The van der Waals surface area contributed by atoms with Gasteiger partial charge in [0.25, 0.3) is 5.91 Å². The van der Waals surface area contributed by atoms with Crippen molar-refractivity contribution in [1.29, 1.82) is 0 Å². The fourth-order valence-electron chi connectivity index (χ4n) is 1.69. The summed E-state index contributed by atoms with van der Waals surface area (Å²) >= 11 is 1.47. The van der Waals surface area contributed by atoms with Gasteiger partial charge in [0.2, 0.25) is 0 Å². The molecule has 0 fully saturated rings. The summed E-state index contributed by atoms with van der Waals surface area (Å²) in [7, 11) is 0. The Hall–Kier alpha value is -1.88. The molecule has 1 heterocycles. The summed E-state index contributed by atoms with van der Waals surface area (Å²) in [5, 5.41) is 3.40. The molecule has 0 spiro atoms. The Labute approximate surface area is 110 Å². The summed E-state index contributed by atoms with van der Waals surface area (Å²) in [4.78, 5) is 17.5. The van der Waals surface area contributed by atoms with Gasteiger partial charge in [0.1, 0.15) is 0 Å². The summed E-state index contributed by atoms with van der Waals surface area (Å²) in [6.45, 7) is 5.76. The van der Waals surface area contributed by atoms with Crippen LogP contribution in [0, 0.1) is 20.8 Å². The van der Waals surface area contributed by atoms with Gasteiger partial charge in [-0.25, -0.2) is 4.98 Å². The normalized spacial score (nSPS) is 10.4. The summed E-state index contributed by atoms with van der Waals surface area (Å²) in [5.41, 5.74) is 8.63. The maximum absolute atomic E-state index is 12.2. The van der Waals surface area contributed by atoms with E-state index in [9.17, 15) is 4.79 Å². The molecule has 2 aromatic rings. The van der Waals surface area contributed by atoms with Gasteiger partial charge >= 0.3 is 0 Å². The van der Waals surface area contributed by atoms with Gasteiger partial charge in [-0.2, -0.15) is 0 Å². The van der Waals surface area contributed by atoms with E-state index in [1.54, 1.807) is 6.07 Å². The molecule has 94 valence electrons. The van der Waals surface area contributed by atoms with Crippen molar-refractivity contribution in [1.82, 2.24) is 4.98 Å². The van der Waals surface area contributed by atoms with Gasteiger partial charge in [0.15, 0.2) is 5.13 Å².